The number of piperidine rings is 1. The number of aromatic nitrogens is 2. The summed E-state index contributed by atoms with van der Waals surface area (Å²) in [7, 11) is 0. The fourth-order valence-electron chi connectivity index (χ4n) is 3.31. The molecule has 8 nitrogen and oxygen atoms in total. The zero-order valence-corrected chi connectivity index (χ0v) is 16.0. The predicted octanol–water partition coefficient (Wildman–Crippen LogP) is 1.89. The quantitative estimate of drug-likeness (QED) is 0.568. The van der Waals surface area contributed by atoms with Gasteiger partial charge in [-0.1, -0.05) is 23.7 Å². The monoisotopic (exact) mass is 412 g/mol. The van der Waals surface area contributed by atoms with Crippen LogP contribution < -0.4 is 16.2 Å². The fourth-order valence-corrected chi connectivity index (χ4v) is 3.44. The van der Waals surface area contributed by atoms with Crippen LogP contribution in [0.25, 0.3) is 10.9 Å². The molecule has 0 aliphatic carbocycles. The number of amides is 3. The third kappa shape index (κ3) is 3.79. The third-order valence-electron chi connectivity index (χ3n) is 4.86. The van der Waals surface area contributed by atoms with E-state index >= 15 is 0 Å². The van der Waals surface area contributed by atoms with Crippen molar-refractivity contribution in [2.24, 2.45) is 0 Å². The lowest BCUT2D eigenvalue weighted by Crippen LogP contribution is -2.44. The molecule has 0 saturated carbocycles. The van der Waals surface area contributed by atoms with Crippen LogP contribution >= 0.6 is 11.6 Å². The highest BCUT2D eigenvalue weighted by Gasteiger charge is 2.30. The second kappa shape index (κ2) is 7.56. The van der Waals surface area contributed by atoms with Crippen LogP contribution in [-0.2, 0) is 16.1 Å². The molecule has 1 atom stereocenters. The summed E-state index contributed by atoms with van der Waals surface area (Å²) >= 11 is 5.85. The van der Waals surface area contributed by atoms with Crippen molar-refractivity contribution in [2.75, 3.05) is 0 Å². The minimum Gasteiger partial charge on any atom is -0.348 e. The van der Waals surface area contributed by atoms with Gasteiger partial charge in [-0.3, -0.25) is 29.6 Å². The summed E-state index contributed by atoms with van der Waals surface area (Å²) in [5, 5.41) is 8.93. The number of benzene rings is 2. The summed E-state index contributed by atoms with van der Waals surface area (Å²) < 4.78 is 1.21. The fraction of sp³-hybridized carbons (Fsp3) is 0.200. The van der Waals surface area contributed by atoms with Gasteiger partial charge >= 0.3 is 0 Å². The van der Waals surface area contributed by atoms with Crippen LogP contribution in [0.1, 0.15) is 34.8 Å². The summed E-state index contributed by atoms with van der Waals surface area (Å²) in [6.07, 6.45) is 0.405. The Morgan fingerprint density at radius 3 is 2.62 bits per heavy atom. The molecule has 1 aliphatic heterocycles. The number of rotatable bonds is 4. The van der Waals surface area contributed by atoms with Crippen molar-refractivity contribution in [3.63, 3.8) is 0 Å². The van der Waals surface area contributed by atoms with Gasteiger partial charge in [0.1, 0.15) is 6.04 Å². The second-order valence-electron chi connectivity index (χ2n) is 6.82. The smallest absolute Gasteiger partial charge is 0.275 e. The van der Waals surface area contributed by atoms with Crippen LogP contribution in [0.5, 0.6) is 0 Å². The average molecular weight is 413 g/mol. The summed E-state index contributed by atoms with van der Waals surface area (Å²) in [4.78, 5) is 48.5. The molecule has 2 heterocycles. The molecule has 0 bridgehead atoms. The number of hydrogen-bond acceptors (Lipinski definition) is 4. The molecule has 1 aromatic heterocycles. The summed E-state index contributed by atoms with van der Waals surface area (Å²) in [6.45, 7) is 0.335. The molecule has 1 fully saturated rings. The molecule has 4 rings (SSSR count). The molecule has 0 radical (unpaired) electrons. The number of nitrogens with zero attached hydrogens (tertiary/aromatic N) is 1. The molecule has 9 heteroatoms. The highest BCUT2D eigenvalue weighted by molar-refractivity contribution is 6.30. The van der Waals surface area contributed by atoms with Crippen molar-refractivity contribution in [1.29, 1.82) is 0 Å². The maximum atomic E-state index is 12.6. The van der Waals surface area contributed by atoms with Crippen molar-refractivity contribution in [1.82, 2.24) is 20.4 Å². The third-order valence-corrected chi connectivity index (χ3v) is 5.11. The predicted molar refractivity (Wildman–Crippen MR) is 107 cm³/mol. The largest absolute Gasteiger partial charge is 0.348 e. The Morgan fingerprint density at radius 1 is 1.14 bits per heavy atom. The molecule has 3 amide bonds. The van der Waals surface area contributed by atoms with E-state index in [0.29, 0.717) is 28.0 Å². The maximum absolute atomic E-state index is 12.6. The Labute approximate surface area is 169 Å². The van der Waals surface area contributed by atoms with Crippen molar-refractivity contribution < 1.29 is 14.4 Å². The van der Waals surface area contributed by atoms with Crippen LogP contribution in [0.2, 0.25) is 5.02 Å². The van der Waals surface area contributed by atoms with Gasteiger partial charge in [-0.15, -0.1) is 0 Å². The molecule has 1 saturated heterocycles. The molecule has 3 aromatic rings. The minimum atomic E-state index is -0.783. The molecule has 0 spiro atoms. The van der Waals surface area contributed by atoms with Crippen molar-refractivity contribution in [3.05, 3.63) is 69.0 Å². The van der Waals surface area contributed by atoms with Gasteiger partial charge in [-0.2, -0.15) is 0 Å². The minimum absolute atomic E-state index is 0.163. The summed E-state index contributed by atoms with van der Waals surface area (Å²) in [5.41, 5.74) is 1.35. The number of halogens is 1. The maximum Gasteiger partial charge on any atom is 0.275 e. The number of hydrogen-bond donors (Lipinski definition) is 3. The molecule has 1 unspecified atom stereocenters. The normalized spacial score (nSPS) is 16.7. The number of imide groups is 1. The van der Waals surface area contributed by atoms with E-state index < -0.39 is 11.9 Å². The first-order valence-corrected chi connectivity index (χ1v) is 9.41. The number of H-pyrrole nitrogens is 1. The average Bonchev–Trinajstić information content (AvgIpc) is 3.03. The Morgan fingerprint density at radius 2 is 1.90 bits per heavy atom. The van der Waals surface area contributed by atoms with Gasteiger partial charge in [0.2, 0.25) is 5.91 Å². The summed E-state index contributed by atoms with van der Waals surface area (Å²) in [6, 6.07) is 11.0. The molecule has 148 valence electrons. The van der Waals surface area contributed by atoms with E-state index in [2.05, 4.69) is 15.7 Å². The molecule has 2 aromatic carbocycles. The highest BCUT2D eigenvalue weighted by atomic mass is 35.5. The van der Waals surface area contributed by atoms with E-state index in [1.165, 1.54) is 4.68 Å². The Hall–Kier alpha value is -3.39. The van der Waals surface area contributed by atoms with Gasteiger partial charge in [0.25, 0.3) is 17.4 Å². The van der Waals surface area contributed by atoms with Crippen LogP contribution in [0, 0.1) is 0 Å². The number of aromatic amines is 1. The lowest BCUT2D eigenvalue weighted by molar-refractivity contribution is -0.136. The molecular formula is C20H17ClN4O4. The zero-order chi connectivity index (χ0) is 20.5. The lowest BCUT2D eigenvalue weighted by atomic mass is 10.1. The molecule has 1 aliphatic rings. The second-order valence-corrected chi connectivity index (χ2v) is 7.26. The van der Waals surface area contributed by atoms with Crippen molar-refractivity contribution >= 4 is 40.2 Å². The number of fused-ring (bicyclic) bond motifs is 1. The van der Waals surface area contributed by atoms with Crippen molar-refractivity contribution in [2.45, 2.75) is 25.4 Å². The Balaban J connectivity index is 1.55. The first-order valence-electron chi connectivity index (χ1n) is 9.03. The van der Waals surface area contributed by atoms with E-state index in [4.69, 9.17) is 11.6 Å². The standard InChI is InChI=1S/C20H17ClN4O4/c21-13-4-1-11(2-5-13)10-22-18(27)12-3-6-14-15(9-12)24-25(20(14)29)16-7-8-17(26)23-19(16)28/h1-6,9,16,24H,7-8,10H2,(H,22,27)(H,23,26,28). The van der Waals surface area contributed by atoms with Gasteiger partial charge in [0.15, 0.2) is 0 Å². The van der Waals surface area contributed by atoms with Crippen molar-refractivity contribution in [3.8, 4) is 0 Å². The van der Waals surface area contributed by atoms with E-state index in [0.717, 1.165) is 5.56 Å². The zero-order valence-electron chi connectivity index (χ0n) is 15.2. The summed E-state index contributed by atoms with van der Waals surface area (Å²) in [5.74, 6) is -1.16. The first kappa shape index (κ1) is 18.9. The molecule has 29 heavy (non-hydrogen) atoms. The number of carbonyl (C=O) groups excluding carboxylic acids is 3. The van der Waals surface area contributed by atoms with Crippen LogP contribution in [0.3, 0.4) is 0 Å². The lowest BCUT2D eigenvalue weighted by Gasteiger charge is -2.20. The topological polar surface area (TPSA) is 113 Å². The van der Waals surface area contributed by atoms with Gasteiger partial charge in [0.05, 0.1) is 10.9 Å². The molecular weight excluding hydrogens is 396 g/mol. The SMILES string of the molecule is O=C1CCC(n2[nH]c3cc(C(=O)NCc4ccc(Cl)cc4)ccc3c2=O)C(=O)N1. The van der Waals surface area contributed by atoms with Crippen LogP contribution in [0.15, 0.2) is 47.3 Å². The van der Waals surface area contributed by atoms with Gasteiger partial charge in [0, 0.05) is 23.6 Å². The molecule has 3 N–H and O–H groups in total. The van der Waals surface area contributed by atoms with E-state index in [-0.39, 0.29) is 30.2 Å². The van der Waals surface area contributed by atoms with Gasteiger partial charge in [-0.05, 0) is 42.3 Å². The van der Waals surface area contributed by atoms with E-state index in [1.54, 1.807) is 30.3 Å². The van der Waals surface area contributed by atoms with Gasteiger partial charge < -0.3 is 5.32 Å². The Kier molecular flexibility index (Phi) is 4.94. The van der Waals surface area contributed by atoms with E-state index in [9.17, 15) is 19.2 Å². The van der Waals surface area contributed by atoms with E-state index in [1.807, 2.05) is 12.1 Å². The number of carbonyl (C=O) groups is 3. The Bertz CT molecular complexity index is 1180. The highest BCUT2D eigenvalue weighted by Crippen LogP contribution is 2.19. The first-order chi connectivity index (χ1) is 13.9. The van der Waals surface area contributed by atoms with Crippen LogP contribution in [-0.4, -0.2) is 27.5 Å². The van der Waals surface area contributed by atoms with Crippen LogP contribution in [0.4, 0.5) is 0 Å². The van der Waals surface area contributed by atoms with Gasteiger partial charge in [-0.25, -0.2) is 4.68 Å². The number of nitrogens with one attached hydrogen (secondary N) is 3.